The molecule has 0 amide bonds. The van der Waals surface area contributed by atoms with E-state index in [-0.39, 0.29) is 5.97 Å². The number of hydrogen-bond acceptors (Lipinski definition) is 4. The van der Waals surface area contributed by atoms with E-state index in [0.29, 0.717) is 6.54 Å². The molecule has 0 bridgehead atoms. The third-order valence-corrected chi connectivity index (χ3v) is 3.54. The molecule has 2 aromatic carbocycles. The summed E-state index contributed by atoms with van der Waals surface area (Å²) in [5, 5.41) is 0. The van der Waals surface area contributed by atoms with Gasteiger partial charge in [0.05, 0.1) is 19.3 Å². The van der Waals surface area contributed by atoms with Crippen LogP contribution in [0.25, 0.3) is 0 Å². The van der Waals surface area contributed by atoms with Crippen LogP contribution in [0, 0.1) is 0 Å². The summed E-state index contributed by atoms with van der Waals surface area (Å²) >= 11 is 0. The number of hydrogen-bond donors (Lipinski definition) is 0. The maximum Gasteiger partial charge on any atom is 0.348 e. The van der Waals surface area contributed by atoms with Crippen LogP contribution in [0.5, 0.6) is 5.75 Å². The van der Waals surface area contributed by atoms with Gasteiger partial charge in [-0.2, -0.15) is 0 Å². The summed E-state index contributed by atoms with van der Waals surface area (Å²) < 4.78 is 10.5. The number of carbonyl (C=O) groups excluding carboxylic acids is 1. The Bertz CT molecular complexity index is 627. The molecule has 0 spiro atoms. The van der Waals surface area contributed by atoms with Crippen LogP contribution >= 0.6 is 0 Å². The third kappa shape index (κ3) is 2.84. The lowest BCUT2D eigenvalue weighted by atomic mass is 10.1. The molecule has 108 valence electrons. The van der Waals surface area contributed by atoms with E-state index in [1.54, 1.807) is 0 Å². The molecule has 1 atom stereocenters. The van der Waals surface area contributed by atoms with E-state index in [0.717, 1.165) is 18.0 Å². The summed E-state index contributed by atoms with van der Waals surface area (Å²) in [5.41, 5.74) is 2.19. The minimum atomic E-state index is -0.589. The molecule has 1 heterocycles. The smallest absolute Gasteiger partial charge is 0.348 e. The molecule has 2 aromatic rings. The van der Waals surface area contributed by atoms with Gasteiger partial charge in [-0.3, -0.25) is 0 Å². The highest BCUT2D eigenvalue weighted by molar-refractivity contribution is 5.78. The maximum absolute atomic E-state index is 11.8. The molecular formula is C17H17NO3. The average molecular weight is 283 g/mol. The van der Waals surface area contributed by atoms with Gasteiger partial charge in [0.25, 0.3) is 0 Å². The number of anilines is 1. The fourth-order valence-electron chi connectivity index (χ4n) is 2.51. The molecule has 0 fully saturated rings. The van der Waals surface area contributed by atoms with Crippen molar-refractivity contribution >= 4 is 11.7 Å². The Morgan fingerprint density at radius 2 is 1.90 bits per heavy atom. The predicted octanol–water partition coefficient (Wildman–Crippen LogP) is 2.63. The van der Waals surface area contributed by atoms with E-state index in [1.807, 2.05) is 42.5 Å². The van der Waals surface area contributed by atoms with E-state index in [9.17, 15) is 4.79 Å². The molecular weight excluding hydrogens is 266 g/mol. The Kier molecular flexibility index (Phi) is 3.77. The lowest BCUT2D eigenvalue weighted by molar-refractivity contribution is -0.148. The first kappa shape index (κ1) is 13.5. The summed E-state index contributed by atoms with van der Waals surface area (Å²) in [6.45, 7) is 1.22. The van der Waals surface area contributed by atoms with Crippen LogP contribution in [0.2, 0.25) is 0 Å². The van der Waals surface area contributed by atoms with Crippen LogP contribution in [0.15, 0.2) is 54.6 Å². The Hall–Kier alpha value is -2.49. The van der Waals surface area contributed by atoms with Crippen LogP contribution in [0.4, 0.5) is 5.69 Å². The highest BCUT2D eigenvalue weighted by Crippen LogP contribution is 2.34. The van der Waals surface area contributed by atoms with Crippen molar-refractivity contribution in [1.29, 1.82) is 0 Å². The van der Waals surface area contributed by atoms with Gasteiger partial charge in [-0.25, -0.2) is 4.79 Å². The van der Waals surface area contributed by atoms with Crippen LogP contribution in [0.3, 0.4) is 0 Å². The Labute approximate surface area is 123 Å². The summed E-state index contributed by atoms with van der Waals surface area (Å²) in [6.07, 6.45) is -0.589. The number of para-hydroxylation sites is 2. The summed E-state index contributed by atoms with van der Waals surface area (Å²) in [6, 6.07) is 17.9. The van der Waals surface area contributed by atoms with E-state index in [4.69, 9.17) is 9.47 Å². The van der Waals surface area contributed by atoms with Gasteiger partial charge in [0.1, 0.15) is 5.75 Å². The molecule has 0 radical (unpaired) electrons. The number of ether oxygens (including phenoxy) is 2. The lowest BCUT2D eigenvalue weighted by Crippen LogP contribution is -2.44. The van der Waals surface area contributed by atoms with Crippen LogP contribution in [0.1, 0.15) is 5.56 Å². The average Bonchev–Trinajstić information content (AvgIpc) is 2.55. The molecule has 4 nitrogen and oxygen atoms in total. The summed E-state index contributed by atoms with van der Waals surface area (Å²) in [7, 11) is 1.38. The normalized spacial score (nSPS) is 16.8. The molecule has 0 aromatic heterocycles. The van der Waals surface area contributed by atoms with Crippen molar-refractivity contribution < 1.29 is 14.3 Å². The molecule has 1 aliphatic heterocycles. The Balaban J connectivity index is 1.89. The number of esters is 1. The highest BCUT2D eigenvalue weighted by atomic mass is 16.6. The first-order chi connectivity index (χ1) is 10.3. The van der Waals surface area contributed by atoms with Crippen molar-refractivity contribution in [2.24, 2.45) is 0 Å². The van der Waals surface area contributed by atoms with Crippen molar-refractivity contribution in [2.45, 2.75) is 12.6 Å². The molecule has 0 N–H and O–H groups in total. The standard InChI is InChI=1S/C17H17NO3/c1-20-17(19)16-12-18(11-13-7-3-2-4-8-13)14-9-5-6-10-15(14)21-16/h2-10,16H,11-12H2,1H3/t16-/m1/s1. The Morgan fingerprint density at radius 3 is 2.67 bits per heavy atom. The highest BCUT2D eigenvalue weighted by Gasteiger charge is 2.31. The second kappa shape index (κ2) is 5.87. The summed E-state index contributed by atoms with van der Waals surface area (Å²) in [5.74, 6) is 0.373. The molecule has 1 aliphatic rings. The molecule has 0 unspecified atom stereocenters. The van der Waals surface area contributed by atoms with Gasteiger partial charge in [-0.15, -0.1) is 0 Å². The fraction of sp³-hybridized carbons (Fsp3) is 0.235. The molecule has 0 saturated carbocycles. The van der Waals surface area contributed by atoms with Crippen molar-refractivity contribution in [1.82, 2.24) is 0 Å². The zero-order valence-corrected chi connectivity index (χ0v) is 11.9. The largest absolute Gasteiger partial charge is 0.475 e. The minimum absolute atomic E-state index is 0.345. The number of carbonyl (C=O) groups is 1. The number of rotatable bonds is 3. The Morgan fingerprint density at radius 1 is 1.19 bits per heavy atom. The van der Waals surface area contributed by atoms with Gasteiger partial charge in [0.2, 0.25) is 6.10 Å². The quantitative estimate of drug-likeness (QED) is 0.812. The second-order valence-electron chi connectivity index (χ2n) is 4.96. The third-order valence-electron chi connectivity index (χ3n) is 3.54. The van der Waals surface area contributed by atoms with Gasteiger partial charge in [-0.1, -0.05) is 42.5 Å². The molecule has 3 rings (SSSR count). The van der Waals surface area contributed by atoms with Crippen molar-refractivity contribution in [2.75, 3.05) is 18.6 Å². The van der Waals surface area contributed by atoms with Crippen molar-refractivity contribution in [3.8, 4) is 5.75 Å². The monoisotopic (exact) mass is 283 g/mol. The van der Waals surface area contributed by atoms with E-state index < -0.39 is 6.10 Å². The predicted molar refractivity (Wildman–Crippen MR) is 80.4 cm³/mol. The lowest BCUT2D eigenvalue weighted by Gasteiger charge is -2.35. The number of methoxy groups -OCH3 is 1. The van der Waals surface area contributed by atoms with Crippen molar-refractivity contribution in [3.05, 3.63) is 60.2 Å². The number of fused-ring (bicyclic) bond motifs is 1. The van der Waals surface area contributed by atoms with E-state index in [2.05, 4.69) is 17.0 Å². The van der Waals surface area contributed by atoms with E-state index in [1.165, 1.54) is 12.7 Å². The van der Waals surface area contributed by atoms with Gasteiger partial charge >= 0.3 is 5.97 Å². The zero-order chi connectivity index (χ0) is 14.7. The van der Waals surface area contributed by atoms with Crippen LogP contribution in [-0.4, -0.2) is 25.7 Å². The fourth-order valence-corrected chi connectivity index (χ4v) is 2.51. The first-order valence-corrected chi connectivity index (χ1v) is 6.90. The minimum Gasteiger partial charge on any atom is -0.475 e. The second-order valence-corrected chi connectivity index (χ2v) is 4.96. The van der Waals surface area contributed by atoms with Gasteiger partial charge in [0.15, 0.2) is 0 Å². The molecule has 0 aliphatic carbocycles. The van der Waals surface area contributed by atoms with Gasteiger partial charge < -0.3 is 14.4 Å². The molecule has 21 heavy (non-hydrogen) atoms. The molecule has 4 heteroatoms. The summed E-state index contributed by atoms with van der Waals surface area (Å²) in [4.78, 5) is 13.9. The van der Waals surface area contributed by atoms with Crippen LogP contribution < -0.4 is 9.64 Å². The number of nitrogens with zero attached hydrogens (tertiary/aromatic N) is 1. The topological polar surface area (TPSA) is 38.8 Å². The van der Waals surface area contributed by atoms with Crippen LogP contribution in [-0.2, 0) is 16.1 Å². The SMILES string of the molecule is COC(=O)[C@H]1CN(Cc2ccccc2)c2ccccc2O1. The maximum atomic E-state index is 11.8. The number of benzene rings is 2. The van der Waals surface area contributed by atoms with Crippen molar-refractivity contribution in [3.63, 3.8) is 0 Å². The van der Waals surface area contributed by atoms with Gasteiger partial charge in [0, 0.05) is 6.54 Å². The first-order valence-electron chi connectivity index (χ1n) is 6.90. The van der Waals surface area contributed by atoms with Gasteiger partial charge in [-0.05, 0) is 17.7 Å². The van der Waals surface area contributed by atoms with E-state index >= 15 is 0 Å². The molecule has 0 saturated heterocycles. The zero-order valence-electron chi connectivity index (χ0n) is 11.9.